The highest BCUT2D eigenvalue weighted by molar-refractivity contribution is 5.93. The number of nitrogens with zero attached hydrogens (tertiary/aromatic N) is 2. The molecular weight excluding hydrogens is 282 g/mol. The second-order valence-corrected chi connectivity index (χ2v) is 4.72. The predicted octanol–water partition coefficient (Wildman–Crippen LogP) is 2.25. The van der Waals surface area contributed by atoms with E-state index in [9.17, 15) is 4.79 Å². The van der Waals surface area contributed by atoms with Gasteiger partial charge in [-0.3, -0.25) is 4.79 Å². The Labute approximate surface area is 130 Å². The summed E-state index contributed by atoms with van der Waals surface area (Å²) in [7, 11) is 0. The zero-order chi connectivity index (χ0) is 15.8. The van der Waals surface area contributed by atoms with Crippen molar-refractivity contribution in [2.75, 3.05) is 25.1 Å². The van der Waals surface area contributed by atoms with Crippen LogP contribution in [0.4, 0.5) is 5.69 Å². The molecule has 6 nitrogen and oxygen atoms in total. The van der Waals surface area contributed by atoms with Crippen molar-refractivity contribution in [2.45, 2.75) is 20.0 Å². The van der Waals surface area contributed by atoms with Gasteiger partial charge in [0, 0.05) is 30.4 Å². The SMILES string of the molecule is CCOCCOC(C)C(=O)Nc1ccc(-n2ccnc2)cc1. The number of rotatable bonds is 8. The maximum atomic E-state index is 12.0. The van der Waals surface area contributed by atoms with E-state index in [1.54, 1.807) is 19.4 Å². The van der Waals surface area contributed by atoms with E-state index in [4.69, 9.17) is 9.47 Å². The number of aromatic nitrogens is 2. The van der Waals surface area contributed by atoms with Gasteiger partial charge in [0.25, 0.3) is 5.91 Å². The monoisotopic (exact) mass is 303 g/mol. The molecule has 22 heavy (non-hydrogen) atoms. The van der Waals surface area contributed by atoms with Gasteiger partial charge in [0.1, 0.15) is 6.10 Å². The minimum Gasteiger partial charge on any atom is -0.379 e. The van der Waals surface area contributed by atoms with Gasteiger partial charge < -0.3 is 19.4 Å². The number of hydrogen-bond donors (Lipinski definition) is 1. The van der Waals surface area contributed by atoms with Crippen LogP contribution in [0.5, 0.6) is 0 Å². The van der Waals surface area contributed by atoms with Gasteiger partial charge in [-0.1, -0.05) is 0 Å². The molecule has 6 heteroatoms. The molecule has 1 aromatic heterocycles. The number of anilines is 1. The first-order valence-electron chi connectivity index (χ1n) is 7.29. The quantitative estimate of drug-likeness (QED) is 0.760. The van der Waals surface area contributed by atoms with Crippen molar-refractivity contribution < 1.29 is 14.3 Å². The summed E-state index contributed by atoms with van der Waals surface area (Å²) in [5.41, 5.74) is 1.71. The topological polar surface area (TPSA) is 65.4 Å². The molecule has 0 saturated carbocycles. The van der Waals surface area contributed by atoms with Crippen LogP contribution >= 0.6 is 0 Å². The third kappa shape index (κ3) is 4.68. The number of benzene rings is 1. The Morgan fingerprint density at radius 1 is 1.32 bits per heavy atom. The number of nitrogens with one attached hydrogen (secondary N) is 1. The second-order valence-electron chi connectivity index (χ2n) is 4.72. The molecule has 1 unspecified atom stereocenters. The number of imidazole rings is 1. The summed E-state index contributed by atoms with van der Waals surface area (Å²) < 4.78 is 12.5. The highest BCUT2D eigenvalue weighted by Gasteiger charge is 2.13. The van der Waals surface area contributed by atoms with Gasteiger partial charge in [0.2, 0.25) is 0 Å². The molecule has 1 aromatic carbocycles. The summed E-state index contributed by atoms with van der Waals surface area (Å²) in [5.74, 6) is -0.174. The zero-order valence-corrected chi connectivity index (χ0v) is 12.9. The van der Waals surface area contributed by atoms with Crippen LogP contribution in [0.25, 0.3) is 5.69 Å². The number of ether oxygens (including phenoxy) is 2. The van der Waals surface area contributed by atoms with Crippen molar-refractivity contribution in [1.29, 1.82) is 0 Å². The third-order valence-electron chi connectivity index (χ3n) is 3.11. The fraction of sp³-hybridized carbons (Fsp3) is 0.375. The first kappa shape index (κ1) is 16.2. The van der Waals surface area contributed by atoms with Crippen molar-refractivity contribution in [2.24, 2.45) is 0 Å². The Kier molecular flexibility index (Phi) is 6.12. The average molecular weight is 303 g/mol. The molecule has 118 valence electrons. The van der Waals surface area contributed by atoms with E-state index < -0.39 is 6.10 Å². The molecule has 0 aliphatic heterocycles. The molecule has 0 spiro atoms. The minimum absolute atomic E-state index is 0.174. The van der Waals surface area contributed by atoms with E-state index in [-0.39, 0.29) is 5.91 Å². The van der Waals surface area contributed by atoms with E-state index in [0.29, 0.717) is 19.8 Å². The number of amides is 1. The second kappa shape index (κ2) is 8.31. The number of hydrogen-bond acceptors (Lipinski definition) is 4. The molecule has 1 heterocycles. The summed E-state index contributed by atoms with van der Waals surface area (Å²) in [4.78, 5) is 16.0. The van der Waals surface area contributed by atoms with Gasteiger partial charge in [-0.25, -0.2) is 4.98 Å². The molecule has 0 saturated heterocycles. The highest BCUT2D eigenvalue weighted by atomic mass is 16.5. The lowest BCUT2D eigenvalue weighted by Gasteiger charge is -2.13. The third-order valence-corrected chi connectivity index (χ3v) is 3.11. The average Bonchev–Trinajstić information content (AvgIpc) is 3.06. The molecule has 2 aromatic rings. The molecule has 1 atom stereocenters. The molecule has 0 fully saturated rings. The zero-order valence-electron chi connectivity index (χ0n) is 12.9. The van der Waals surface area contributed by atoms with Gasteiger partial charge in [-0.05, 0) is 38.1 Å². The van der Waals surface area contributed by atoms with Gasteiger partial charge in [-0.2, -0.15) is 0 Å². The van der Waals surface area contributed by atoms with Gasteiger partial charge in [-0.15, -0.1) is 0 Å². The lowest BCUT2D eigenvalue weighted by Crippen LogP contribution is -2.28. The number of carbonyl (C=O) groups excluding carboxylic acids is 1. The summed E-state index contributed by atoms with van der Waals surface area (Å²) in [6.07, 6.45) is 4.79. The smallest absolute Gasteiger partial charge is 0.253 e. The van der Waals surface area contributed by atoms with Crippen molar-refractivity contribution in [3.63, 3.8) is 0 Å². The summed E-state index contributed by atoms with van der Waals surface area (Å²) in [6, 6.07) is 7.52. The molecule has 0 radical (unpaired) electrons. The normalized spacial score (nSPS) is 12.1. The highest BCUT2D eigenvalue weighted by Crippen LogP contribution is 2.13. The summed E-state index contributed by atoms with van der Waals surface area (Å²) in [5, 5.41) is 2.83. The minimum atomic E-state index is -0.520. The lowest BCUT2D eigenvalue weighted by atomic mass is 10.2. The van der Waals surface area contributed by atoms with Crippen LogP contribution in [0, 0.1) is 0 Å². The summed E-state index contributed by atoms with van der Waals surface area (Å²) in [6.45, 7) is 5.19. The first-order valence-corrected chi connectivity index (χ1v) is 7.29. The van der Waals surface area contributed by atoms with Crippen molar-refractivity contribution in [3.05, 3.63) is 43.0 Å². The largest absolute Gasteiger partial charge is 0.379 e. The standard InChI is InChI=1S/C16H21N3O3/c1-3-21-10-11-22-13(2)16(20)18-14-4-6-15(7-5-14)19-9-8-17-12-19/h4-9,12-13H,3,10-11H2,1-2H3,(H,18,20). The fourth-order valence-corrected chi connectivity index (χ4v) is 1.88. The molecule has 0 aliphatic rings. The van der Waals surface area contributed by atoms with Crippen molar-refractivity contribution in [3.8, 4) is 5.69 Å². The fourth-order valence-electron chi connectivity index (χ4n) is 1.88. The van der Waals surface area contributed by atoms with Crippen molar-refractivity contribution >= 4 is 11.6 Å². The van der Waals surface area contributed by atoms with Crippen LogP contribution in [0.15, 0.2) is 43.0 Å². The van der Waals surface area contributed by atoms with E-state index in [0.717, 1.165) is 11.4 Å². The maximum absolute atomic E-state index is 12.0. The van der Waals surface area contributed by atoms with Crippen LogP contribution in [-0.2, 0) is 14.3 Å². The number of carbonyl (C=O) groups is 1. The van der Waals surface area contributed by atoms with Crippen LogP contribution < -0.4 is 5.32 Å². The first-order chi connectivity index (χ1) is 10.7. The Morgan fingerprint density at radius 3 is 2.73 bits per heavy atom. The molecule has 1 N–H and O–H groups in total. The lowest BCUT2D eigenvalue weighted by molar-refractivity contribution is -0.127. The molecule has 0 aliphatic carbocycles. The Hall–Kier alpha value is -2.18. The van der Waals surface area contributed by atoms with Gasteiger partial charge >= 0.3 is 0 Å². The molecule has 1 amide bonds. The van der Waals surface area contributed by atoms with E-state index >= 15 is 0 Å². The maximum Gasteiger partial charge on any atom is 0.253 e. The van der Waals surface area contributed by atoms with Gasteiger partial charge in [0.15, 0.2) is 0 Å². The van der Waals surface area contributed by atoms with Crippen LogP contribution in [0.2, 0.25) is 0 Å². The van der Waals surface area contributed by atoms with E-state index in [1.165, 1.54) is 0 Å². The van der Waals surface area contributed by atoms with E-state index in [2.05, 4.69) is 10.3 Å². The van der Waals surface area contributed by atoms with Gasteiger partial charge in [0.05, 0.1) is 19.5 Å². The van der Waals surface area contributed by atoms with Crippen LogP contribution in [-0.4, -0.2) is 41.4 Å². The Morgan fingerprint density at radius 2 is 2.09 bits per heavy atom. The van der Waals surface area contributed by atoms with E-state index in [1.807, 2.05) is 42.0 Å². The van der Waals surface area contributed by atoms with Crippen LogP contribution in [0.3, 0.4) is 0 Å². The predicted molar refractivity (Wildman–Crippen MR) is 84.1 cm³/mol. The van der Waals surface area contributed by atoms with Crippen LogP contribution in [0.1, 0.15) is 13.8 Å². The summed E-state index contributed by atoms with van der Waals surface area (Å²) >= 11 is 0. The molecule has 0 bridgehead atoms. The van der Waals surface area contributed by atoms with Crippen molar-refractivity contribution in [1.82, 2.24) is 9.55 Å². The molecule has 2 rings (SSSR count). The molecular formula is C16H21N3O3. The Bertz CT molecular complexity index is 567. The Balaban J connectivity index is 1.83.